The van der Waals surface area contributed by atoms with Crippen molar-refractivity contribution in [2.24, 2.45) is 0 Å². The molecule has 0 aliphatic carbocycles. The third-order valence-corrected chi connectivity index (χ3v) is 6.20. The molecule has 0 spiro atoms. The van der Waals surface area contributed by atoms with Gasteiger partial charge < -0.3 is 10.2 Å². The Labute approximate surface area is 184 Å². The highest BCUT2D eigenvalue weighted by molar-refractivity contribution is 6.17. The molecule has 2 aliphatic rings. The lowest BCUT2D eigenvalue weighted by molar-refractivity contribution is -0.118. The molecular weight excluding hydrogens is 388 g/mol. The number of rotatable bonds is 6. The molecule has 3 heterocycles. The van der Waals surface area contributed by atoms with Crippen LogP contribution in [0.5, 0.6) is 0 Å². The minimum Gasteiger partial charge on any atom is -0.319 e. The van der Waals surface area contributed by atoms with Gasteiger partial charge in [0.05, 0.1) is 16.9 Å². The standard InChI is InChI=1S/C25H32N4O2/c1-19-12-13-22-20(18-19)25(31)27-21-10-9-14-26-24(21)29(22)23(30)11-5-4-8-17-28-15-6-2-3-7-16-28/h9-10,12-14,18H,2-8,11,15-17H2,1H3,(H,27,31). The first-order valence-corrected chi connectivity index (χ1v) is 11.6. The smallest absolute Gasteiger partial charge is 0.257 e. The number of amides is 2. The number of fused-ring (bicyclic) bond motifs is 2. The molecule has 2 amide bonds. The first kappa shape index (κ1) is 21.5. The molecule has 1 aromatic heterocycles. The first-order chi connectivity index (χ1) is 15.1. The van der Waals surface area contributed by atoms with E-state index in [9.17, 15) is 9.59 Å². The number of likely N-dealkylation sites (tertiary alicyclic amines) is 1. The molecule has 4 rings (SSSR count). The molecule has 1 saturated heterocycles. The van der Waals surface area contributed by atoms with Gasteiger partial charge in [0.2, 0.25) is 5.91 Å². The summed E-state index contributed by atoms with van der Waals surface area (Å²) in [7, 11) is 0. The fourth-order valence-corrected chi connectivity index (χ4v) is 4.52. The van der Waals surface area contributed by atoms with Gasteiger partial charge in [0.1, 0.15) is 0 Å². The van der Waals surface area contributed by atoms with E-state index in [-0.39, 0.29) is 11.8 Å². The molecule has 6 heteroatoms. The second-order valence-electron chi connectivity index (χ2n) is 8.64. The zero-order valence-corrected chi connectivity index (χ0v) is 18.4. The summed E-state index contributed by atoms with van der Waals surface area (Å²) >= 11 is 0. The number of carbonyl (C=O) groups is 2. The van der Waals surface area contributed by atoms with Crippen molar-refractivity contribution in [3.63, 3.8) is 0 Å². The van der Waals surface area contributed by atoms with E-state index >= 15 is 0 Å². The molecular formula is C25H32N4O2. The largest absolute Gasteiger partial charge is 0.319 e. The summed E-state index contributed by atoms with van der Waals surface area (Å²) in [6, 6.07) is 9.18. The fraction of sp³-hybridized carbons (Fsp3) is 0.480. The average molecular weight is 421 g/mol. The van der Waals surface area contributed by atoms with E-state index in [0.717, 1.165) is 31.4 Å². The number of unbranched alkanes of at least 4 members (excludes halogenated alkanes) is 2. The summed E-state index contributed by atoms with van der Waals surface area (Å²) < 4.78 is 0. The molecule has 1 fully saturated rings. The van der Waals surface area contributed by atoms with Crippen molar-refractivity contribution in [2.45, 2.75) is 58.3 Å². The predicted molar refractivity (Wildman–Crippen MR) is 124 cm³/mol. The second kappa shape index (κ2) is 10.1. The highest BCUT2D eigenvalue weighted by Gasteiger charge is 2.30. The molecule has 0 radical (unpaired) electrons. The van der Waals surface area contributed by atoms with Crippen LogP contribution in [0.1, 0.15) is 67.3 Å². The van der Waals surface area contributed by atoms with Crippen LogP contribution in [-0.2, 0) is 4.79 Å². The maximum atomic E-state index is 13.3. The number of carbonyl (C=O) groups excluding carboxylic acids is 2. The van der Waals surface area contributed by atoms with Gasteiger partial charge >= 0.3 is 0 Å². The van der Waals surface area contributed by atoms with Crippen LogP contribution in [0.15, 0.2) is 36.5 Å². The topological polar surface area (TPSA) is 65.5 Å². The number of nitrogens with one attached hydrogen (secondary N) is 1. The summed E-state index contributed by atoms with van der Waals surface area (Å²) in [5.41, 5.74) is 2.66. The molecule has 31 heavy (non-hydrogen) atoms. The van der Waals surface area contributed by atoms with Crippen LogP contribution >= 0.6 is 0 Å². The SMILES string of the molecule is Cc1ccc2c(c1)C(=O)Nc1cccnc1N2C(=O)CCCCCN1CCCCCC1. The Hall–Kier alpha value is -2.73. The molecule has 1 N–H and O–H groups in total. The van der Waals surface area contributed by atoms with Crippen LogP contribution < -0.4 is 10.2 Å². The maximum Gasteiger partial charge on any atom is 0.257 e. The summed E-state index contributed by atoms with van der Waals surface area (Å²) in [5, 5.41) is 2.91. The van der Waals surface area contributed by atoms with Crippen LogP contribution in [0.2, 0.25) is 0 Å². The highest BCUT2D eigenvalue weighted by atomic mass is 16.2. The van der Waals surface area contributed by atoms with Crippen molar-refractivity contribution in [2.75, 3.05) is 29.9 Å². The third kappa shape index (κ3) is 5.13. The molecule has 6 nitrogen and oxygen atoms in total. The van der Waals surface area contributed by atoms with Gasteiger partial charge in [0.25, 0.3) is 5.91 Å². The van der Waals surface area contributed by atoms with Gasteiger partial charge in [0, 0.05) is 12.6 Å². The Balaban J connectivity index is 1.43. The maximum absolute atomic E-state index is 13.3. The van der Waals surface area contributed by atoms with Gasteiger partial charge in [-0.2, -0.15) is 0 Å². The monoisotopic (exact) mass is 420 g/mol. The van der Waals surface area contributed by atoms with E-state index in [4.69, 9.17) is 0 Å². The predicted octanol–water partition coefficient (Wildman–Crippen LogP) is 5.06. The molecule has 0 unspecified atom stereocenters. The summed E-state index contributed by atoms with van der Waals surface area (Å²) in [6.45, 7) is 5.50. The van der Waals surface area contributed by atoms with Gasteiger partial charge in [-0.25, -0.2) is 4.98 Å². The van der Waals surface area contributed by atoms with Crippen LogP contribution in [0.4, 0.5) is 17.2 Å². The molecule has 1 aromatic carbocycles. The highest BCUT2D eigenvalue weighted by Crippen LogP contribution is 2.37. The lowest BCUT2D eigenvalue weighted by Gasteiger charge is -2.23. The summed E-state index contributed by atoms with van der Waals surface area (Å²) in [4.78, 5) is 34.7. The van der Waals surface area contributed by atoms with Crippen molar-refractivity contribution in [3.8, 4) is 0 Å². The van der Waals surface area contributed by atoms with Crippen LogP contribution in [0.25, 0.3) is 0 Å². The van der Waals surface area contributed by atoms with E-state index in [2.05, 4.69) is 15.2 Å². The quantitative estimate of drug-likeness (QED) is 0.664. The number of anilines is 3. The van der Waals surface area contributed by atoms with Gasteiger partial charge in [-0.15, -0.1) is 0 Å². The minimum atomic E-state index is -0.208. The van der Waals surface area contributed by atoms with Crippen LogP contribution in [0, 0.1) is 6.92 Å². The Morgan fingerprint density at radius 2 is 1.87 bits per heavy atom. The van der Waals surface area contributed by atoms with Gasteiger partial charge in [-0.05, 0) is 76.5 Å². The second-order valence-corrected chi connectivity index (χ2v) is 8.64. The Morgan fingerprint density at radius 3 is 2.68 bits per heavy atom. The van der Waals surface area contributed by atoms with E-state index in [0.29, 0.717) is 29.2 Å². The van der Waals surface area contributed by atoms with E-state index < -0.39 is 0 Å². The summed E-state index contributed by atoms with van der Waals surface area (Å²) in [6.07, 6.45) is 10.4. The summed E-state index contributed by atoms with van der Waals surface area (Å²) in [5.74, 6) is 0.269. The molecule has 2 aliphatic heterocycles. The molecule has 0 atom stereocenters. The molecule has 164 valence electrons. The Morgan fingerprint density at radius 1 is 1.06 bits per heavy atom. The Bertz CT molecular complexity index is 935. The molecule has 0 bridgehead atoms. The zero-order valence-electron chi connectivity index (χ0n) is 18.4. The zero-order chi connectivity index (χ0) is 21.6. The van der Waals surface area contributed by atoms with Crippen molar-refractivity contribution < 1.29 is 9.59 Å². The lowest BCUT2D eigenvalue weighted by atomic mass is 10.1. The number of benzene rings is 1. The normalized spacial score (nSPS) is 16.7. The molecule has 0 saturated carbocycles. The lowest BCUT2D eigenvalue weighted by Crippen LogP contribution is -2.27. The van der Waals surface area contributed by atoms with Gasteiger partial charge in [-0.1, -0.05) is 30.9 Å². The number of pyridine rings is 1. The number of hydrogen-bond donors (Lipinski definition) is 1. The number of hydrogen-bond acceptors (Lipinski definition) is 4. The third-order valence-electron chi connectivity index (χ3n) is 6.20. The van der Waals surface area contributed by atoms with Crippen molar-refractivity contribution in [1.29, 1.82) is 0 Å². The van der Waals surface area contributed by atoms with E-state index in [1.807, 2.05) is 25.1 Å². The number of nitrogens with zero attached hydrogens (tertiary/aromatic N) is 3. The van der Waals surface area contributed by atoms with Gasteiger partial charge in [0.15, 0.2) is 5.82 Å². The number of aromatic nitrogens is 1. The van der Waals surface area contributed by atoms with Gasteiger partial charge in [-0.3, -0.25) is 14.5 Å². The van der Waals surface area contributed by atoms with Crippen LogP contribution in [0.3, 0.4) is 0 Å². The first-order valence-electron chi connectivity index (χ1n) is 11.6. The van der Waals surface area contributed by atoms with Crippen molar-refractivity contribution >= 4 is 29.0 Å². The van der Waals surface area contributed by atoms with E-state index in [1.165, 1.54) is 38.8 Å². The van der Waals surface area contributed by atoms with Crippen molar-refractivity contribution in [3.05, 3.63) is 47.7 Å². The van der Waals surface area contributed by atoms with Crippen LogP contribution in [-0.4, -0.2) is 41.3 Å². The average Bonchev–Trinajstić information content (AvgIpc) is 3.10. The minimum absolute atomic E-state index is 0.0173. The fourth-order valence-electron chi connectivity index (χ4n) is 4.52. The van der Waals surface area contributed by atoms with E-state index in [1.54, 1.807) is 23.2 Å². The molecule has 2 aromatic rings. The number of aryl methyl sites for hydroxylation is 1. The Kier molecular flexibility index (Phi) is 6.97. The van der Waals surface area contributed by atoms with Crippen molar-refractivity contribution in [1.82, 2.24) is 9.88 Å².